The van der Waals surface area contributed by atoms with Crippen molar-refractivity contribution < 1.29 is 9.90 Å². The summed E-state index contributed by atoms with van der Waals surface area (Å²) >= 11 is 0. The predicted molar refractivity (Wildman–Crippen MR) is 64.5 cm³/mol. The van der Waals surface area contributed by atoms with Gasteiger partial charge in [0.05, 0.1) is 5.97 Å². The van der Waals surface area contributed by atoms with E-state index >= 15 is 0 Å². The monoisotopic (exact) mass is 226 g/mol. The van der Waals surface area contributed by atoms with Crippen molar-refractivity contribution in [1.82, 2.24) is 0 Å². The van der Waals surface area contributed by atoms with Crippen LogP contribution in [-0.2, 0) is 6.54 Å². The second-order valence-corrected chi connectivity index (χ2v) is 3.71. The normalized spacial score (nSPS) is 9.88. The van der Waals surface area contributed by atoms with E-state index in [1.807, 2.05) is 36.4 Å². The van der Waals surface area contributed by atoms with Crippen LogP contribution < -0.4 is 10.4 Å². The SMILES string of the molecule is O=C([O-])c1cccc(NCc2ccccc2)c1. The van der Waals surface area contributed by atoms with E-state index in [1.165, 1.54) is 6.07 Å². The zero-order valence-corrected chi connectivity index (χ0v) is 9.22. The minimum Gasteiger partial charge on any atom is -0.545 e. The molecule has 2 aromatic rings. The number of carboxylic acids is 1. The molecule has 3 heteroatoms. The lowest BCUT2D eigenvalue weighted by atomic mass is 10.2. The largest absolute Gasteiger partial charge is 0.545 e. The van der Waals surface area contributed by atoms with Gasteiger partial charge in [0.15, 0.2) is 0 Å². The average Bonchev–Trinajstić information content (AvgIpc) is 2.38. The van der Waals surface area contributed by atoms with Crippen molar-refractivity contribution in [2.45, 2.75) is 6.54 Å². The van der Waals surface area contributed by atoms with E-state index in [9.17, 15) is 9.90 Å². The Morgan fingerprint density at radius 2 is 1.82 bits per heavy atom. The summed E-state index contributed by atoms with van der Waals surface area (Å²) < 4.78 is 0. The standard InChI is InChI=1S/C14H13NO2/c16-14(17)12-7-4-8-13(9-12)15-10-11-5-2-1-3-6-11/h1-9,15H,10H2,(H,16,17)/p-1. The molecule has 0 aliphatic heterocycles. The average molecular weight is 226 g/mol. The van der Waals surface area contributed by atoms with Gasteiger partial charge in [0.25, 0.3) is 0 Å². The fraction of sp³-hybridized carbons (Fsp3) is 0.0714. The third kappa shape index (κ3) is 3.08. The second kappa shape index (κ2) is 5.16. The molecule has 0 fully saturated rings. The van der Waals surface area contributed by atoms with Crippen LogP contribution in [0.1, 0.15) is 15.9 Å². The third-order valence-electron chi connectivity index (χ3n) is 2.44. The fourth-order valence-electron chi connectivity index (χ4n) is 1.56. The highest BCUT2D eigenvalue weighted by Crippen LogP contribution is 2.11. The molecule has 0 amide bonds. The maximum absolute atomic E-state index is 10.7. The van der Waals surface area contributed by atoms with E-state index in [2.05, 4.69) is 5.32 Å². The topological polar surface area (TPSA) is 52.2 Å². The Hall–Kier alpha value is -2.29. The molecule has 86 valence electrons. The molecule has 0 saturated heterocycles. The van der Waals surface area contributed by atoms with E-state index in [0.717, 1.165) is 11.3 Å². The highest BCUT2D eigenvalue weighted by atomic mass is 16.4. The van der Waals surface area contributed by atoms with Crippen LogP contribution in [0.25, 0.3) is 0 Å². The summed E-state index contributed by atoms with van der Waals surface area (Å²) in [4.78, 5) is 10.7. The molecule has 0 spiro atoms. The van der Waals surface area contributed by atoms with Crippen LogP contribution in [0.4, 0.5) is 5.69 Å². The van der Waals surface area contributed by atoms with Crippen LogP contribution in [0.15, 0.2) is 54.6 Å². The molecule has 2 aromatic carbocycles. The van der Waals surface area contributed by atoms with Crippen molar-refractivity contribution in [3.8, 4) is 0 Å². The minimum atomic E-state index is -1.16. The van der Waals surface area contributed by atoms with Crippen molar-refractivity contribution in [3.63, 3.8) is 0 Å². The lowest BCUT2D eigenvalue weighted by molar-refractivity contribution is -0.255. The van der Waals surface area contributed by atoms with Gasteiger partial charge in [-0.15, -0.1) is 0 Å². The number of carbonyl (C=O) groups excluding carboxylic acids is 1. The number of rotatable bonds is 4. The second-order valence-electron chi connectivity index (χ2n) is 3.71. The number of hydrogen-bond donors (Lipinski definition) is 1. The number of hydrogen-bond acceptors (Lipinski definition) is 3. The molecule has 0 saturated carbocycles. The van der Waals surface area contributed by atoms with Gasteiger partial charge in [0.1, 0.15) is 0 Å². The van der Waals surface area contributed by atoms with Gasteiger partial charge in [-0.1, -0.05) is 42.5 Å². The van der Waals surface area contributed by atoms with Crippen LogP contribution >= 0.6 is 0 Å². The van der Waals surface area contributed by atoms with Gasteiger partial charge in [0, 0.05) is 12.2 Å². The smallest absolute Gasteiger partial charge is 0.0716 e. The van der Waals surface area contributed by atoms with Crippen molar-refractivity contribution in [2.24, 2.45) is 0 Å². The van der Waals surface area contributed by atoms with Crippen LogP contribution in [-0.4, -0.2) is 5.97 Å². The molecule has 3 nitrogen and oxygen atoms in total. The number of carboxylic acid groups (broad SMARTS) is 1. The van der Waals surface area contributed by atoms with E-state index < -0.39 is 5.97 Å². The van der Waals surface area contributed by atoms with Gasteiger partial charge in [-0.05, 0) is 23.3 Å². The molecule has 0 unspecified atom stereocenters. The highest BCUT2D eigenvalue weighted by Gasteiger charge is 1.96. The van der Waals surface area contributed by atoms with Crippen LogP contribution in [0.3, 0.4) is 0 Å². The zero-order valence-electron chi connectivity index (χ0n) is 9.22. The van der Waals surface area contributed by atoms with Gasteiger partial charge in [0.2, 0.25) is 0 Å². The molecule has 0 bridgehead atoms. The number of benzene rings is 2. The molecule has 0 aliphatic carbocycles. The molecule has 17 heavy (non-hydrogen) atoms. The zero-order chi connectivity index (χ0) is 12.1. The summed E-state index contributed by atoms with van der Waals surface area (Å²) in [7, 11) is 0. The first-order chi connectivity index (χ1) is 8.25. The lowest BCUT2D eigenvalue weighted by Crippen LogP contribution is -2.22. The van der Waals surface area contributed by atoms with Gasteiger partial charge in [-0.25, -0.2) is 0 Å². The Morgan fingerprint density at radius 3 is 2.53 bits per heavy atom. The number of carbonyl (C=O) groups is 1. The van der Waals surface area contributed by atoms with Crippen LogP contribution in [0, 0.1) is 0 Å². The Kier molecular flexibility index (Phi) is 3.40. The predicted octanol–water partition coefficient (Wildman–Crippen LogP) is 1.66. The van der Waals surface area contributed by atoms with Gasteiger partial charge in [-0.3, -0.25) is 0 Å². The van der Waals surface area contributed by atoms with E-state index in [-0.39, 0.29) is 5.56 Å². The Morgan fingerprint density at radius 1 is 1.06 bits per heavy atom. The maximum atomic E-state index is 10.7. The first kappa shape index (κ1) is 11.2. The Bertz CT molecular complexity index is 509. The summed E-state index contributed by atoms with van der Waals surface area (Å²) in [6.45, 7) is 0.664. The van der Waals surface area contributed by atoms with Crippen molar-refractivity contribution in [2.75, 3.05) is 5.32 Å². The highest BCUT2D eigenvalue weighted by molar-refractivity contribution is 5.87. The molecule has 0 heterocycles. The summed E-state index contributed by atoms with van der Waals surface area (Å²) in [5.41, 5.74) is 2.10. The fourth-order valence-corrected chi connectivity index (χ4v) is 1.56. The van der Waals surface area contributed by atoms with Crippen LogP contribution in [0.5, 0.6) is 0 Å². The Balaban J connectivity index is 2.04. The van der Waals surface area contributed by atoms with Crippen molar-refractivity contribution >= 4 is 11.7 Å². The number of anilines is 1. The third-order valence-corrected chi connectivity index (χ3v) is 2.44. The first-order valence-electron chi connectivity index (χ1n) is 5.35. The van der Waals surface area contributed by atoms with Gasteiger partial charge >= 0.3 is 0 Å². The molecule has 1 N–H and O–H groups in total. The molecule has 0 radical (unpaired) electrons. The number of aromatic carboxylic acids is 1. The van der Waals surface area contributed by atoms with E-state index in [0.29, 0.717) is 6.54 Å². The van der Waals surface area contributed by atoms with Gasteiger partial charge < -0.3 is 15.2 Å². The lowest BCUT2D eigenvalue weighted by Gasteiger charge is -2.08. The molecular formula is C14H12NO2-. The summed E-state index contributed by atoms with van der Waals surface area (Å²) in [6.07, 6.45) is 0. The number of nitrogens with one attached hydrogen (secondary N) is 1. The molecule has 0 atom stereocenters. The van der Waals surface area contributed by atoms with Crippen molar-refractivity contribution in [3.05, 3.63) is 65.7 Å². The minimum absolute atomic E-state index is 0.183. The first-order valence-corrected chi connectivity index (χ1v) is 5.35. The molecule has 0 aliphatic rings. The van der Waals surface area contributed by atoms with Gasteiger partial charge in [-0.2, -0.15) is 0 Å². The maximum Gasteiger partial charge on any atom is 0.0716 e. The Labute approximate surface area is 99.7 Å². The summed E-state index contributed by atoms with van der Waals surface area (Å²) in [6, 6.07) is 16.5. The van der Waals surface area contributed by atoms with E-state index in [4.69, 9.17) is 0 Å². The molecule has 0 aromatic heterocycles. The van der Waals surface area contributed by atoms with Crippen molar-refractivity contribution in [1.29, 1.82) is 0 Å². The quantitative estimate of drug-likeness (QED) is 0.862. The summed E-state index contributed by atoms with van der Waals surface area (Å²) in [5, 5.41) is 13.9. The molecule has 2 rings (SSSR count). The molecular weight excluding hydrogens is 214 g/mol. The summed E-state index contributed by atoms with van der Waals surface area (Å²) in [5.74, 6) is -1.16. The van der Waals surface area contributed by atoms with E-state index in [1.54, 1.807) is 12.1 Å². The van der Waals surface area contributed by atoms with Crippen LogP contribution in [0.2, 0.25) is 0 Å².